The lowest BCUT2D eigenvalue weighted by Crippen LogP contribution is -2.27. The molecule has 0 unspecified atom stereocenters. The van der Waals surface area contributed by atoms with E-state index in [9.17, 15) is 4.79 Å². The molecule has 1 aliphatic rings. The fraction of sp³-hybridized carbons (Fsp3) is 0.316. The molecular weight excluding hydrogens is 331 g/mol. The van der Waals surface area contributed by atoms with Gasteiger partial charge in [0.15, 0.2) is 5.78 Å². The summed E-state index contributed by atoms with van der Waals surface area (Å²) in [5.41, 5.74) is 2.00. The van der Waals surface area contributed by atoms with E-state index in [-0.39, 0.29) is 11.7 Å². The van der Waals surface area contributed by atoms with Crippen LogP contribution in [-0.2, 0) is 0 Å². The normalized spacial score (nSPS) is 23.0. The Balaban J connectivity index is 2.33. The zero-order valence-electron chi connectivity index (χ0n) is 13.3. The second kappa shape index (κ2) is 5.85. The molecular formula is C19H18Cl2O2. The lowest BCUT2D eigenvalue weighted by atomic mass is 9.72. The molecule has 0 radical (unpaired) electrons. The molecule has 4 heteroatoms. The molecule has 0 bridgehead atoms. The summed E-state index contributed by atoms with van der Waals surface area (Å²) in [6, 6.07) is 11.9. The first-order chi connectivity index (χ1) is 11.0. The molecule has 0 amide bonds. The smallest absolute Gasteiger partial charge is 0.171 e. The summed E-state index contributed by atoms with van der Waals surface area (Å²) in [5.74, 6) is 0.503. The van der Waals surface area contributed by atoms with Crippen molar-refractivity contribution in [3.63, 3.8) is 0 Å². The van der Waals surface area contributed by atoms with Crippen molar-refractivity contribution >= 4 is 29.0 Å². The lowest BCUT2D eigenvalue weighted by molar-refractivity contribution is 0.0817. The number of ketones is 1. The van der Waals surface area contributed by atoms with E-state index in [0.29, 0.717) is 21.4 Å². The number of fused-ring (bicyclic) bond motifs is 1. The number of Topliss-reactive ketones (excluding diaryl/α,β-unsaturated/α-hetero) is 1. The summed E-state index contributed by atoms with van der Waals surface area (Å²) in [4.78, 5) is 13.1. The van der Waals surface area contributed by atoms with Crippen LogP contribution in [0.1, 0.15) is 47.7 Å². The Labute approximate surface area is 146 Å². The fourth-order valence-corrected chi connectivity index (χ4v) is 4.06. The van der Waals surface area contributed by atoms with Gasteiger partial charge < -0.3 is 4.74 Å². The van der Waals surface area contributed by atoms with E-state index >= 15 is 0 Å². The maximum atomic E-state index is 13.1. The number of hydrogen-bond donors (Lipinski definition) is 0. The van der Waals surface area contributed by atoms with Gasteiger partial charge in [-0.3, -0.25) is 4.79 Å². The molecule has 1 aliphatic carbocycles. The topological polar surface area (TPSA) is 26.3 Å². The van der Waals surface area contributed by atoms with Crippen molar-refractivity contribution in [3.8, 4) is 5.75 Å². The predicted molar refractivity (Wildman–Crippen MR) is 94.0 cm³/mol. The van der Waals surface area contributed by atoms with Gasteiger partial charge in [0.2, 0.25) is 0 Å². The van der Waals surface area contributed by atoms with E-state index in [1.165, 1.54) is 0 Å². The van der Waals surface area contributed by atoms with Crippen LogP contribution in [0.3, 0.4) is 0 Å². The average molecular weight is 349 g/mol. The number of methoxy groups -OCH3 is 1. The van der Waals surface area contributed by atoms with Gasteiger partial charge in [0.1, 0.15) is 10.8 Å². The van der Waals surface area contributed by atoms with Gasteiger partial charge in [-0.2, -0.15) is 0 Å². The van der Waals surface area contributed by atoms with Crippen LogP contribution >= 0.6 is 23.2 Å². The zero-order valence-corrected chi connectivity index (χ0v) is 14.8. The van der Waals surface area contributed by atoms with Crippen LogP contribution in [-0.4, -0.2) is 12.9 Å². The Morgan fingerprint density at radius 2 is 1.83 bits per heavy atom. The number of carbonyl (C=O) groups is 1. The monoisotopic (exact) mass is 348 g/mol. The number of halogens is 2. The van der Waals surface area contributed by atoms with Crippen molar-refractivity contribution in [2.45, 2.75) is 26.2 Å². The van der Waals surface area contributed by atoms with Gasteiger partial charge >= 0.3 is 0 Å². The largest absolute Gasteiger partial charge is 0.495 e. The second-order valence-corrected chi connectivity index (χ2v) is 6.87. The van der Waals surface area contributed by atoms with Gasteiger partial charge in [-0.05, 0) is 23.6 Å². The SMILES string of the molecule is CC[C@@]1(C)C(=O)c2c(cc(OC)c(Cl)c2Cl)[C@@H]1c1ccccc1. The average Bonchev–Trinajstić information content (AvgIpc) is 2.80. The minimum absolute atomic E-state index is 0.0541. The van der Waals surface area contributed by atoms with E-state index in [4.69, 9.17) is 27.9 Å². The van der Waals surface area contributed by atoms with Crippen LogP contribution in [0, 0.1) is 5.41 Å². The highest BCUT2D eigenvalue weighted by molar-refractivity contribution is 6.45. The number of carbonyl (C=O) groups excluding carboxylic acids is 1. The Bertz CT molecular complexity index is 771. The summed E-state index contributed by atoms with van der Waals surface area (Å²) in [6.45, 7) is 4.04. The zero-order chi connectivity index (χ0) is 16.8. The Morgan fingerprint density at radius 1 is 1.17 bits per heavy atom. The molecule has 2 nitrogen and oxygen atoms in total. The maximum Gasteiger partial charge on any atom is 0.171 e. The van der Waals surface area contributed by atoms with Gasteiger partial charge in [0, 0.05) is 16.9 Å². The molecule has 2 aromatic carbocycles. The minimum atomic E-state index is -0.539. The third-order valence-electron chi connectivity index (χ3n) is 4.98. The van der Waals surface area contributed by atoms with Crippen LogP contribution in [0.4, 0.5) is 0 Å². The second-order valence-electron chi connectivity index (χ2n) is 6.11. The first-order valence-electron chi connectivity index (χ1n) is 7.61. The molecule has 0 fully saturated rings. The Morgan fingerprint density at radius 3 is 2.39 bits per heavy atom. The first kappa shape index (κ1) is 16.4. The molecule has 2 aromatic rings. The van der Waals surface area contributed by atoms with Gasteiger partial charge in [-0.15, -0.1) is 0 Å². The third-order valence-corrected chi connectivity index (χ3v) is 5.83. The summed E-state index contributed by atoms with van der Waals surface area (Å²) in [5, 5.41) is 0.595. The molecule has 0 spiro atoms. The molecule has 3 rings (SSSR count). The lowest BCUT2D eigenvalue weighted by Gasteiger charge is -2.29. The van der Waals surface area contributed by atoms with E-state index in [1.807, 2.05) is 38.1 Å². The van der Waals surface area contributed by atoms with E-state index in [2.05, 4.69) is 12.1 Å². The molecule has 23 heavy (non-hydrogen) atoms. The number of ether oxygens (including phenoxy) is 1. The van der Waals surface area contributed by atoms with Crippen molar-refractivity contribution < 1.29 is 9.53 Å². The minimum Gasteiger partial charge on any atom is -0.495 e. The van der Waals surface area contributed by atoms with Crippen LogP contribution in [0.15, 0.2) is 36.4 Å². The summed E-state index contributed by atoms with van der Waals surface area (Å²) >= 11 is 12.7. The molecule has 0 saturated heterocycles. The Kier molecular flexibility index (Phi) is 4.16. The summed E-state index contributed by atoms with van der Waals surface area (Å²) in [7, 11) is 1.55. The van der Waals surface area contributed by atoms with Crippen molar-refractivity contribution in [2.24, 2.45) is 5.41 Å². The molecule has 0 N–H and O–H groups in total. The molecule has 0 aromatic heterocycles. The number of benzene rings is 2. The molecule has 0 heterocycles. The van der Waals surface area contributed by atoms with Gasteiger partial charge in [0.25, 0.3) is 0 Å². The summed E-state index contributed by atoms with van der Waals surface area (Å²) < 4.78 is 5.34. The van der Waals surface area contributed by atoms with Crippen molar-refractivity contribution in [1.82, 2.24) is 0 Å². The van der Waals surface area contributed by atoms with Gasteiger partial charge in [-0.1, -0.05) is 67.4 Å². The maximum absolute atomic E-state index is 13.1. The summed E-state index contributed by atoms with van der Waals surface area (Å²) in [6.07, 6.45) is 0.719. The molecule has 2 atom stereocenters. The highest BCUT2D eigenvalue weighted by Crippen LogP contribution is 2.56. The van der Waals surface area contributed by atoms with E-state index < -0.39 is 5.41 Å². The number of rotatable bonds is 3. The van der Waals surface area contributed by atoms with Crippen molar-refractivity contribution in [2.75, 3.05) is 7.11 Å². The van der Waals surface area contributed by atoms with E-state index in [0.717, 1.165) is 17.5 Å². The highest BCUT2D eigenvalue weighted by Gasteiger charge is 2.50. The molecule has 0 aliphatic heterocycles. The third kappa shape index (κ3) is 2.28. The first-order valence-corrected chi connectivity index (χ1v) is 8.37. The quantitative estimate of drug-likeness (QED) is 0.706. The van der Waals surface area contributed by atoms with Crippen LogP contribution in [0.2, 0.25) is 10.0 Å². The van der Waals surface area contributed by atoms with E-state index in [1.54, 1.807) is 7.11 Å². The van der Waals surface area contributed by atoms with Gasteiger partial charge in [-0.25, -0.2) is 0 Å². The highest BCUT2D eigenvalue weighted by atomic mass is 35.5. The van der Waals surface area contributed by atoms with Gasteiger partial charge in [0.05, 0.1) is 12.1 Å². The van der Waals surface area contributed by atoms with Crippen molar-refractivity contribution in [3.05, 3.63) is 63.1 Å². The number of hydrogen-bond acceptors (Lipinski definition) is 2. The van der Waals surface area contributed by atoms with Crippen molar-refractivity contribution in [1.29, 1.82) is 0 Å². The van der Waals surface area contributed by atoms with Crippen LogP contribution in [0.5, 0.6) is 5.75 Å². The fourth-order valence-electron chi connectivity index (χ4n) is 3.55. The Hall–Kier alpha value is -1.51. The molecule has 120 valence electrons. The molecule has 0 saturated carbocycles. The standard InChI is InChI=1S/C19H18Cl2O2/c1-4-19(2)15(11-8-6-5-7-9-11)12-10-13(23-3)16(20)17(21)14(12)18(19)22/h5-10,15H,4H2,1-3H3/t15-,19+/m0/s1. The van der Waals surface area contributed by atoms with Crippen LogP contribution < -0.4 is 4.74 Å². The van der Waals surface area contributed by atoms with Crippen LogP contribution in [0.25, 0.3) is 0 Å². The predicted octanol–water partition coefficient (Wildman–Crippen LogP) is 5.75.